The van der Waals surface area contributed by atoms with Crippen LogP contribution in [0.2, 0.25) is 0 Å². The average molecular weight is 798 g/mol. The summed E-state index contributed by atoms with van der Waals surface area (Å²) in [6.07, 6.45) is 0. The van der Waals surface area contributed by atoms with Crippen LogP contribution in [0.3, 0.4) is 0 Å². The largest absolute Gasteiger partial charge is 0.311 e. The van der Waals surface area contributed by atoms with E-state index in [0.29, 0.717) is 0 Å². The van der Waals surface area contributed by atoms with E-state index in [1.165, 1.54) is 109 Å². The van der Waals surface area contributed by atoms with Gasteiger partial charge < -0.3 is 4.90 Å². The molecule has 0 heterocycles. The van der Waals surface area contributed by atoms with Gasteiger partial charge >= 0.3 is 0 Å². The van der Waals surface area contributed by atoms with Crippen LogP contribution >= 0.6 is 0 Å². The third-order valence-corrected chi connectivity index (χ3v) is 13.4. The molecule has 292 valence electrons. The second kappa shape index (κ2) is 14.2. The number of rotatable bonds is 6. The van der Waals surface area contributed by atoms with Gasteiger partial charge in [0.15, 0.2) is 0 Å². The van der Waals surface area contributed by atoms with Crippen LogP contribution in [0.15, 0.2) is 237 Å². The summed E-state index contributed by atoms with van der Waals surface area (Å²) in [6.45, 7) is 0. The minimum atomic E-state index is 1.12. The minimum absolute atomic E-state index is 1.12. The molecule has 1 heteroatoms. The molecule has 12 aromatic rings. The molecule has 1 aliphatic carbocycles. The van der Waals surface area contributed by atoms with Gasteiger partial charge in [0.25, 0.3) is 0 Å². The number of hydrogen-bond donors (Lipinski definition) is 0. The zero-order chi connectivity index (χ0) is 41.4. The quantitative estimate of drug-likeness (QED) is 0.152. The zero-order valence-corrected chi connectivity index (χ0v) is 34.5. The van der Waals surface area contributed by atoms with Gasteiger partial charge in [-0.15, -0.1) is 0 Å². The fourth-order valence-corrected chi connectivity index (χ4v) is 10.8. The molecule has 0 spiro atoms. The lowest BCUT2D eigenvalue weighted by Crippen LogP contribution is -2.09. The maximum absolute atomic E-state index is 2.38. The normalized spacial score (nSPS) is 11.8. The first kappa shape index (κ1) is 35.5. The Balaban J connectivity index is 1.05. The van der Waals surface area contributed by atoms with E-state index in [2.05, 4.69) is 241 Å². The topological polar surface area (TPSA) is 3.24 Å². The Morgan fingerprint density at radius 2 is 0.524 bits per heavy atom. The summed E-state index contributed by atoms with van der Waals surface area (Å²) in [4.78, 5) is 2.33. The Morgan fingerprint density at radius 3 is 1.00 bits per heavy atom. The highest BCUT2D eigenvalue weighted by molar-refractivity contribution is 6.31. The van der Waals surface area contributed by atoms with Gasteiger partial charge in [-0.3, -0.25) is 0 Å². The lowest BCUT2D eigenvalue weighted by atomic mass is 9.80. The molecule has 12 aromatic carbocycles. The van der Waals surface area contributed by atoms with E-state index in [-0.39, 0.29) is 0 Å². The fraction of sp³-hybridized carbons (Fsp3) is 0. The molecule has 0 aliphatic heterocycles. The van der Waals surface area contributed by atoms with Gasteiger partial charge in [-0.1, -0.05) is 200 Å². The first-order valence-corrected chi connectivity index (χ1v) is 21.9. The molecule has 0 atom stereocenters. The van der Waals surface area contributed by atoms with Crippen molar-refractivity contribution in [2.75, 3.05) is 4.90 Å². The van der Waals surface area contributed by atoms with E-state index >= 15 is 0 Å². The van der Waals surface area contributed by atoms with Crippen molar-refractivity contribution in [1.82, 2.24) is 0 Å². The molecule has 1 aliphatic rings. The fourth-order valence-electron chi connectivity index (χ4n) is 10.8. The van der Waals surface area contributed by atoms with E-state index in [1.807, 2.05) is 0 Å². The average Bonchev–Trinajstić information content (AvgIpc) is 3.68. The highest BCUT2D eigenvalue weighted by Gasteiger charge is 2.26. The van der Waals surface area contributed by atoms with E-state index < -0.39 is 0 Å². The summed E-state index contributed by atoms with van der Waals surface area (Å²) in [7, 11) is 0. The number of hydrogen-bond acceptors (Lipinski definition) is 1. The van der Waals surface area contributed by atoms with Gasteiger partial charge in [-0.2, -0.15) is 0 Å². The van der Waals surface area contributed by atoms with Crippen LogP contribution in [-0.2, 0) is 0 Å². The maximum Gasteiger partial charge on any atom is 0.0462 e. The lowest BCUT2D eigenvalue weighted by molar-refractivity contribution is 1.28. The van der Waals surface area contributed by atoms with Crippen molar-refractivity contribution < 1.29 is 0 Å². The van der Waals surface area contributed by atoms with Crippen LogP contribution in [0.25, 0.3) is 109 Å². The summed E-state index contributed by atoms with van der Waals surface area (Å²) in [5, 5.41) is 12.7. The number of benzene rings is 12. The molecule has 1 nitrogen and oxygen atoms in total. The van der Waals surface area contributed by atoms with Crippen LogP contribution in [0.1, 0.15) is 0 Å². The Labute approximate surface area is 366 Å². The highest BCUT2D eigenvalue weighted by Crippen LogP contribution is 2.53. The highest BCUT2D eigenvalue weighted by atomic mass is 15.1. The van der Waals surface area contributed by atoms with Crippen molar-refractivity contribution in [3.8, 4) is 55.6 Å². The maximum atomic E-state index is 2.38. The smallest absolute Gasteiger partial charge is 0.0462 e. The van der Waals surface area contributed by atoms with E-state index in [4.69, 9.17) is 0 Å². The van der Waals surface area contributed by atoms with E-state index in [9.17, 15) is 0 Å². The molecule has 0 bridgehead atoms. The molecule has 0 amide bonds. The van der Waals surface area contributed by atoms with Crippen LogP contribution in [0, 0.1) is 0 Å². The van der Waals surface area contributed by atoms with Crippen LogP contribution in [-0.4, -0.2) is 0 Å². The minimum Gasteiger partial charge on any atom is -0.311 e. The van der Waals surface area contributed by atoms with Gasteiger partial charge in [0.1, 0.15) is 0 Å². The molecule has 0 unspecified atom stereocenters. The van der Waals surface area contributed by atoms with E-state index in [0.717, 1.165) is 17.1 Å². The molecule has 63 heavy (non-hydrogen) atoms. The van der Waals surface area contributed by atoms with Crippen LogP contribution in [0.5, 0.6) is 0 Å². The van der Waals surface area contributed by atoms with Crippen molar-refractivity contribution in [2.45, 2.75) is 0 Å². The second-order valence-corrected chi connectivity index (χ2v) is 16.7. The van der Waals surface area contributed by atoms with Gasteiger partial charge in [-0.25, -0.2) is 0 Å². The SMILES string of the molecule is c1ccc(N(c2ccccc2)c2ccc(-c3c4ccccc4c(-c4c5ccccc5c(-c5ccc6c7c(cccc57)-c5ccccc5-6)c5ccccc45)c4ccccc34)cc2)cc1. The van der Waals surface area contributed by atoms with Gasteiger partial charge in [0.05, 0.1) is 0 Å². The van der Waals surface area contributed by atoms with Crippen molar-refractivity contribution in [1.29, 1.82) is 0 Å². The summed E-state index contributed by atoms with van der Waals surface area (Å²) >= 11 is 0. The Kier molecular flexibility index (Phi) is 7.98. The first-order valence-electron chi connectivity index (χ1n) is 21.9. The monoisotopic (exact) mass is 797 g/mol. The van der Waals surface area contributed by atoms with Crippen molar-refractivity contribution in [3.63, 3.8) is 0 Å². The molecular weight excluding hydrogens is 759 g/mol. The number of fused-ring (bicyclic) bond motifs is 7. The second-order valence-electron chi connectivity index (χ2n) is 16.7. The molecule has 0 aromatic heterocycles. The predicted molar refractivity (Wildman–Crippen MR) is 269 cm³/mol. The predicted octanol–water partition coefficient (Wildman–Crippen LogP) is 17.6. The summed E-state index contributed by atoms with van der Waals surface area (Å²) in [5.41, 5.74) is 16.2. The number of nitrogens with zero attached hydrogens (tertiary/aromatic N) is 1. The molecule has 0 saturated heterocycles. The summed E-state index contributed by atoms with van der Waals surface area (Å²) in [5.74, 6) is 0. The van der Waals surface area contributed by atoms with Crippen LogP contribution in [0.4, 0.5) is 17.1 Å². The zero-order valence-electron chi connectivity index (χ0n) is 34.5. The Hall–Kier alpha value is -8.26. The molecule has 0 fully saturated rings. The Morgan fingerprint density at radius 1 is 0.190 bits per heavy atom. The van der Waals surface area contributed by atoms with Crippen molar-refractivity contribution >= 4 is 70.9 Å². The van der Waals surface area contributed by atoms with Crippen LogP contribution < -0.4 is 4.90 Å². The third-order valence-electron chi connectivity index (χ3n) is 13.4. The molecule has 0 N–H and O–H groups in total. The molecule has 13 rings (SSSR count). The summed E-state index contributed by atoms with van der Waals surface area (Å²) < 4.78 is 0. The summed E-state index contributed by atoms with van der Waals surface area (Å²) in [6, 6.07) is 87.1. The Bertz CT molecular complexity index is 3590. The first-order chi connectivity index (χ1) is 31.3. The molecule has 0 saturated carbocycles. The van der Waals surface area contributed by atoms with Crippen molar-refractivity contribution in [3.05, 3.63) is 237 Å². The van der Waals surface area contributed by atoms with Gasteiger partial charge in [0.2, 0.25) is 0 Å². The molecular formula is C62H39N. The van der Waals surface area contributed by atoms with Crippen molar-refractivity contribution in [2.24, 2.45) is 0 Å². The third kappa shape index (κ3) is 5.37. The molecule has 0 radical (unpaired) electrons. The van der Waals surface area contributed by atoms with Gasteiger partial charge in [0, 0.05) is 17.1 Å². The number of anilines is 3. The standard InChI is InChI=1S/C62H39N/c1-3-18-41(19-4-1)63(42-20-5-2-6-21-42)43-36-34-40(35-37-43)58-47-24-9-13-28-52(47)61(53-29-14-10-25-48(53)58)62-54-30-15-11-26-49(54)60(50-27-12-16-31-55(50)62)57-39-38-56-45-23-8-7-22-44(45)46-32-17-33-51(57)59(46)56/h1-39H. The van der Waals surface area contributed by atoms with E-state index in [1.54, 1.807) is 0 Å². The number of para-hydroxylation sites is 2. The van der Waals surface area contributed by atoms with Gasteiger partial charge in [-0.05, 0) is 146 Å². The lowest BCUT2D eigenvalue weighted by Gasteiger charge is -2.26.